The van der Waals surface area contributed by atoms with Crippen molar-refractivity contribution in [2.24, 2.45) is 0 Å². The molecule has 0 spiro atoms. The second-order valence-corrected chi connectivity index (χ2v) is 4.85. The Morgan fingerprint density at radius 2 is 1.84 bits per heavy atom. The number of carbonyl (C=O) groups excluding carboxylic acids is 1. The molecule has 1 N–H and O–H groups in total. The van der Waals surface area contributed by atoms with E-state index in [1.54, 1.807) is 4.90 Å². The molecule has 1 aliphatic heterocycles. The average molecular weight is 273 g/mol. The van der Waals surface area contributed by atoms with E-state index in [-0.39, 0.29) is 5.91 Å². The summed E-state index contributed by atoms with van der Waals surface area (Å²) in [4.78, 5) is 13.9. The molecule has 0 bridgehead atoms. The zero-order valence-electron chi connectivity index (χ0n) is 10.3. The van der Waals surface area contributed by atoms with Gasteiger partial charge in [-0.3, -0.25) is 4.79 Å². The Morgan fingerprint density at radius 1 is 1.11 bits per heavy atom. The molecule has 0 atom stereocenters. The van der Waals surface area contributed by atoms with Crippen LogP contribution in [0, 0.1) is 0 Å². The molecular weight excluding hydrogens is 260 g/mol. The van der Waals surface area contributed by atoms with Crippen LogP contribution in [0.25, 0.3) is 0 Å². The number of halogens is 1. The number of fused-ring (bicyclic) bond motifs is 1. The molecule has 2 aromatic carbocycles. The fourth-order valence-electron chi connectivity index (χ4n) is 2.23. The Balaban J connectivity index is 1.96. The van der Waals surface area contributed by atoms with E-state index >= 15 is 0 Å². The molecule has 2 aromatic rings. The first-order chi connectivity index (χ1) is 9.25. The van der Waals surface area contributed by atoms with Gasteiger partial charge >= 0.3 is 0 Å². The van der Waals surface area contributed by atoms with E-state index in [2.05, 4.69) is 5.32 Å². The van der Waals surface area contributed by atoms with Gasteiger partial charge in [0.25, 0.3) is 0 Å². The van der Waals surface area contributed by atoms with Crippen molar-refractivity contribution in [2.75, 3.05) is 16.8 Å². The van der Waals surface area contributed by atoms with Crippen molar-refractivity contribution < 1.29 is 4.79 Å². The first-order valence-electron chi connectivity index (χ1n) is 6.12. The van der Waals surface area contributed by atoms with Crippen molar-refractivity contribution in [1.82, 2.24) is 0 Å². The van der Waals surface area contributed by atoms with Gasteiger partial charge in [0.05, 0.1) is 24.5 Å². The topological polar surface area (TPSA) is 32.3 Å². The fourth-order valence-corrected chi connectivity index (χ4v) is 2.42. The van der Waals surface area contributed by atoms with Gasteiger partial charge in [-0.25, -0.2) is 0 Å². The lowest BCUT2D eigenvalue weighted by molar-refractivity contribution is -0.117. The number of carbonyl (C=O) groups is 1. The summed E-state index contributed by atoms with van der Waals surface area (Å²) < 4.78 is 0. The highest BCUT2D eigenvalue weighted by molar-refractivity contribution is 6.31. The predicted octanol–water partition coefficient (Wildman–Crippen LogP) is 3.30. The Hall–Kier alpha value is -2.00. The maximum Gasteiger partial charge on any atom is 0.246 e. The van der Waals surface area contributed by atoms with Gasteiger partial charge in [-0.15, -0.1) is 0 Å². The monoisotopic (exact) mass is 272 g/mol. The molecule has 0 saturated carbocycles. The molecule has 0 unspecified atom stereocenters. The molecule has 19 heavy (non-hydrogen) atoms. The second-order valence-electron chi connectivity index (χ2n) is 4.44. The third kappa shape index (κ3) is 2.29. The molecule has 0 fully saturated rings. The lowest BCUT2D eigenvalue weighted by Gasteiger charge is -2.30. The largest absolute Gasteiger partial charge is 0.374 e. The normalized spacial score (nSPS) is 13.9. The minimum Gasteiger partial charge on any atom is -0.374 e. The molecule has 3 rings (SSSR count). The number of hydrogen-bond acceptors (Lipinski definition) is 2. The van der Waals surface area contributed by atoms with Crippen molar-refractivity contribution in [3.05, 3.63) is 59.1 Å². The SMILES string of the molecule is O=C1CNc2ccccc2N1Cc1ccccc1Cl. The van der Waals surface area contributed by atoms with Crippen LogP contribution >= 0.6 is 11.6 Å². The Bertz CT molecular complexity index is 627. The summed E-state index contributed by atoms with van der Waals surface area (Å²) in [5.41, 5.74) is 2.84. The summed E-state index contributed by atoms with van der Waals surface area (Å²) in [5.74, 6) is 0.0543. The minimum atomic E-state index is 0.0543. The molecule has 4 heteroatoms. The third-order valence-electron chi connectivity index (χ3n) is 3.21. The van der Waals surface area contributed by atoms with Gasteiger partial charge in [-0.2, -0.15) is 0 Å². The van der Waals surface area contributed by atoms with Crippen molar-refractivity contribution in [3.63, 3.8) is 0 Å². The molecule has 1 heterocycles. The highest BCUT2D eigenvalue weighted by Crippen LogP contribution is 2.31. The Morgan fingerprint density at radius 3 is 2.68 bits per heavy atom. The molecule has 1 aliphatic rings. The van der Waals surface area contributed by atoms with Crippen LogP contribution in [0.2, 0.25) is 5.02 Å². The number of rotatable bonds is 2. The van der Waals surface area contributed by atoms with E-state index in [1.165, 1.54) is 0 Å². The first-order valence-corrected chi connectivity index (χ1v) is 6.50. The van der Waals surface area contributed by atoms with Crippen molar-refractivity contribution in [2.45, 2.75) is 6.54 Å². The van der Waals surface area contributed by atoms with Crippen LogP contribution in [0.4, 0.5) is 11.4 Å². The van der Waals surface area contributed by atoms with Gasteiger partial charge in [0.2, 0.25) is 5.91 Å². The lowest BCUT2D eigenvalue weighted by atomic mass is 10.1. The highest BCUT2D eigenvalue weighted by Gasteiger charge is 2.23. The number of nitrogens with zero attached hydrogens (tertiary/aromatic N) is 1. The fraction of sp³-hybridized carbons (Fsp3) is 0.133. The van der Waals surface area contributed by atoms with Crippen LogP contribution in [0.5, 0.6) is 0 Å². The summed E-state index contributed by atoms with van der Waals surface area (Å²) in [6, 6.07) is 15.4. The number of anilines is 2. The second kappa shape index (κ2) is 4.94. The number of amides is 1. The van der Waals surface area contributed by atoms with E-state index in [0.29, 0.717) is 18.1 Å². The number of hydrogen-bond donors (Lipinski definition) is 1. The number of para-hydroxylation sites is 2. The first kappa shape index (κ1) is 12.1. The van der Waals surface area contributed by atoms with Crippen molar-refractivity contribution >= 4 is 28.9 Å². The molecule has 0 aliphatic carbocycles. The third-order valence-corrected chi connectivity index (χ3v) is 3.58. The van der Waals surface area contributed by atoms with Gasteiger partial charge in [-0.05, 0) is 23.8 Å². The Kier molecular flexibility index (Phi) is 3.13. The van der Waals surface area contributed by atoms with Crippen LogP contribution < -0.4 is 10.2 Å². The molecule has 0 radical (unpaired) electrons. The highest BCUT2D eigenvalue weighted by atomic mass is 35.5. The summed E-state index contributed by atoms with van der Waals surface area (Å²) in [6.07, 6.45) is 0. The van der Waals surface area contributed by atoms with Crippen molar-refractivity contribution in [3.8, 4) is 0 Å². The van der Waals surface area contributed by atoms with Crippen LogP contribution in [-0.2, 0) is 11.3 Å². The molecule has 1 amide bonds. The average Bonchev–Trinajstić information content (AvgIpc) is 2.44. The molecule has 0 saturated heterocycles. The molecule has 0 aromatic heterocycles. The summed E-state index contributed by atoms with van der Waals surface area (Å²) in [5, 5.41) is 3.80. The zero-order valence-corrected chi connectivity index (χ0v) is 11.0. The minimum absolute atomic E-state index is 0.0543. The van der Waals surface area contributed by atoms with Crippen molar-refractivity contribution in [1.29, 1.82) is 0 Å². The van der Waals surface area contributed by atoms with Crippen LogP contribution in [0.3, 0.4) is 0 Å². The maximum absolute atomic E-state index is 12.1. The van der Waals surface area contributed by atoms with Crippen LogP contribution in [0.15, 0.2) is 48.5 Å². The molecule has 96 valence electrons. The smallest absolute Gasteiger partial charge is 0.246 e. The van der Waals surface area contributed by atoms with Gasteiger partial charge < -0.3 is 10.2 Å². The summed E-state index contributed by atoms with van der Waals surface area (Å²) in [7, 11) is 0. The zero-order chi connectivity index (χ0) is 13.2. The quantitative estimate of drug-likeness (QED) is 0.910. The van der Waals surface area contributed by atoms with Crippen LogP contribution in [0.1, 0.15) is 5.56 Å². The molecular formula is C15H13ClN2O. The lowest BCUT2D eigenvalue weighted by Crippen LogP contribution is -2.39. The summed E-state index contributed by atoms with van der Waals surface area (Å²) in [6.45, 7) is 0.818. The Labute approximate surface area is 116 Å². The van der Waals surface area contributed by atoms with Gasteiger partial charge in [0.15, 0.2) is 0 Å². The maximum atomic E-state index is 12.1. The standard InChI is InChI=1S/C15H13ClN2O/c16-12-6-2-1-5-11(12)10-18-14-8-4-3-7-13(14)17-9-15(18)19/h1-8,17H,9-10H2. The van der Waals surface area contributed by atoms with E-state index in [9.17, 15) is 4.79 Å². The number of nitrogens with one attached hydrogen (secondary N) is 1. The van der Waals surface area contributed by atoms with Gasteiger partial charge in [0.1, 0.15) is 0 Å². The van der Waals surface area contributed by atoms with E-state index in [1.807, 2.05) is 48.5 Å². The van der Waals surface area contributed by atoms with Gasteiger partial charge in [-0.1, -0.05) is 41.9 Å². The van der Waals surface area contributed by atoms with E-state index < -0.39 is 0 Å². The number of benzene rings is 2. The van der Waals surface area contributed by atoms with Crippen LogP contribution in [-0.4, -0.2) is 12.5 Å². The van der Waals surface area contributed by atoms with E-state index in [0.717, 1.165) is 16.9 Å². The predicted molar refractivity (Wildman–Crippen MR) is 77.6 cm³/mol. The molecule has 3 nitrogen and oxygen atoms in total. The van der Waals surface area contributed by atoms with E-state index in [4.69, 9.17) is 11.6 Å². The summed E-state index contributed by atoms with van der Waals surface area (Å²) >= 11 is 6.16. The van der Waals surface area contributed by atoms with Gasteiger partial charge in [0, 0.05) is 5.02 Å².